The number of carboxylic acids is 1. The van der Waals surface area contributed by atoms with Gasteiger partial charge in [-0.3, -0.25) is 9.59 Å². The number of likely N-dealkylation sites (tertiary alicyclic amines) is 1. The van der Waals surface area contributed by atoms with E-state index in [1.807, 2.05) is 6.92 Å². The Labute approximate surface area is 84.2 Å². The van der Waals surface area contributed by atoms with E-state index in [4.69, 9.17) is 5.11 Å². The van der Waals surface area contributed by atoms with Crippen LogP contribution in [0.3, 0.4) is 0 Å². The first kappa shape index (κ1) is 12.7. The lowest BCUT2D eigenvalue weighted by Crippen LogP contribution is -2.16. The van der Waals surface area contributed by atoms with Gasteiger partial charge >= 0.3 is 5.97 Å². The van der Waals surface area contributed by atoms with Gasteiger partial charge in [0, 0.05) is 19.4 Å². The van der Waals surface area contributed by atoms with E-state index < -0.39 is 5.97 Å². The molecule has 0 aromatic heterocycles. The minimum absolute atomic E-state index is 0.208. The number of carboxylic acid groups (broad SMARTS) is 1. The normalized spacial score (nSPS) is 14.6. The molecule has 0 aromatic rings. The van der Waals surface area contributed by atoms with Crippen molar-refractivity contribution in [2.24, 2.45) is 0 Å². The summed E-state index contributed by atoms with van der Waals surface area (Å²) >= 11 is 0. The van der Waals surface area contributed by atoms with Gasteiger partial charge in [-0.05, 0) is 19.0 Å². The smallest absolute Gasteiger partial charge is 0.303 e. The minimum atomic E-state index is -0.711. The molecule has 4 nitrogen and oxygen atoms in total. The fourth-order valence-electron chi connectivity index (χ4n) is 1.08. The van der Waals surface area contributed by atoms with Gasteiger partial charge in [-0.2, -0.15) is 0 Å². The summed E-state index contributed by atoms with van der Waals surface area (Å²) in [4.78, 5) is 21.9. The zero-order valence-corrected chi connectivity index (χ0v) is 8.53. The van der Waals surface area contributed by atoms with Crippen molar-refractivity contribution >= 4 is 11.9 Å². The second-order valence-corrected chi connectivity index (χ2v) is 3.02. The molecule has 1 heterocycles. The lowest BCUT2D eigenvalue weighted by atomic mass is 10.4. The van der Waals surface area contributed by atoms with E-state index in [1.165, 1.54) is 0 Å². The van der Waals surface area contributed by atoms with Crippen molar-refractivity contribution in [1.29, 1.82) is 0 Å². The molecule has 1 aliphatic rings. The van der Waals surface area contributed by atoms with E-state index in [-0.39, 0.29) is 5.91 Å². The average molecular weight is 199 g/mol. The summed E-state index contributed by atoms with van der Waals surface area (Å²) in [6.45, 7) is 6.20. The maximum absolute atomic E-state index is 10.7. The molecule has 1 fully saturated rings. The van der Waals surface area contributed by atoms with Gasteiger partial charge in [0.05, 0.1) is 0 Å². The number of amides is 1. The Morgan fingerprint density at radius 1 is 1.71 bits per heavy atom. The molecule has 14 heavy (non-hydrogen) atoms. The van der Waals surface area contributed by atoms with Crippen molar-refractivity contribution in [3.8, 4) is 0 Å². The molecule has 0 radical (unpaired) electrons. The molecule has 0 aromatic carbocycles. The molecule has 1 aliphatic heterocycles. The summed E-state index contributed by atoms with van der Waals surface area (Å²) in [6, 6.07) is 0. The van der Waals surface area contributed by atoms with E-state index in [0.29, 0.717) is 12.8 Å². The number of hydrogen-bond donors (Lipinski definition) is 1. The molecule has 0 aliphatic carbocycles. The fourth-order valence-corrected chi connectivity index (χ4v) is 1.08. The summed E-state index contributed by atoms with van der Waals surface area (Å²) in [6.07, 6.45) is 4.31. The molecule has 1 amide bonds. The molecule has 0 spiro atoms. The molecule has 0 saturated carbocycles. The summed E-state index contributed by atoms with van der Waals surface area (Å²) in [5, 5.41) is 7.91. The summed E-state index contributed by atoms with van der Waals surface area (Å²) in [5.41, 5.74) is 0. The maximum atomic E-state index is 10.7. The van der Waals surface area contributed by atoms with E-state index in [2.05, 4.69) is 6.58 Å². The van der Waals surface area contributed by atoms with Crippen LogP contribution in [0.5, 0.6) is 0 Å². The molecule has 4 heteroatoms. The van der Waals surface area contributed by atoms with Gasteiger partial charge in [0.25, 0.3) is 0 Å². The lowest BCUT2D eigenvalue weighted by molar-refractivity contribution is -0.137. The molecule has 1 N–H and O–H groups in total. The highest BCUT2D eigenvalue weighted by atomic mass is 16.4. The first-order valence-electron chi connectivity index (χ1n) is 4.75. The highest BCUT2D eigenvalue weighted by Crippen LogP contribution is 2.08. The number of nitrogens with zero attached hydrogens (tertiary/aromatic N) is 1. The minimum Gasteiger partial charge on any atom is -0.481 e. The third kappa shape index (κ3) is 5.35. The van der Waals surface area contributed by atoms with Gasteiger partial charge in [-0.1, -0.05) is 13.5 Å². The van der Waals surface area contributed by atoms with Crippen LogP contribution in [0.25, 0.3) is 0 Å². The molecule has 0 atom stereocenters. The van der Waals surface area contributed by atoms with Crippen LogP contribution in [-0.2, 0) is 9.59 Å². The van der Waals surface area contributed by atoms with E-state index in [9.17, 15) is 9.59 Å². The van der Waals surface area contributed by atoms with Crippen LogP contribution in [-0.4, -0.2) is 28.4 Å². The largest absolute Gasteiger partial charge is 0.481 e. The highest BCUT2D eigenvalue weighted by molar-refractivity contribution is 5.78. The number of carbonyl (C=O) groups excluding carboxylic acids is 1. The molecule has 80 valence electrons. The molecule has 0 unspecified atom stereocenters. The number of rotatable bonds is 3. The third-order valence-electron chi connectivity index (χ3n) is 1.79. The zero-order valence-electron chi connectivity index (χ0n) is 8.53. The lowest BCUT2D eigenvalue weighted by Gasteiger charge is -2.05. The Bertz CT molecular complexity index is 213. The van der Waals surface area contributed by atoms with Crippen molar-refractivity contribution in [3.05, 3.63) is 12.8 Å². The van der Waals surface area contributed by atoms with Crippen molar-refractivity contribution in [2.45, 2.75) is 32.6 Å². The first-order valence-corrected chi connectivity index (χ1v) is 4.75. The maximum Gasteiger partial charge on any atom is 0.303 e. The zero-order chi connectivity index (χ0) is 11.0. The van der Waals surface area contributed by atoms with E-state index in [1.54, 1.807) is 11.1 Å². The Hall–Kier alpha value is -1.32. The standard InChI is InChI=1S/C6H9NO.C4H8O2/c1-2-7-5-3-4-6(7)8;1-2-3-4(5)6/h2H,1,3-5H2;2-3H2,1H3,(H,5,6). The van der Waals surface area contributed by atoms with Gasteiger partial charge < -0.3 is 10.0 Å². The number of aliphatic carboxylic acids is 1. The van der Waals surface area contributed by atoms with Crippen LogP contribution in [0.4, 0.5) is 0 Å². The Morgan fingerprint density at radius 3 is 2.50 bits per heavy atom. The fraction of sp³-hybridized carbons (Fsp3) is 0.600. The van der Waals surface area contributed by atoms with Gasteiger partial charge in [0.2, 0.25) is 5.91 Å². The molecular weight excluding hydrogens is 182 g/mol. The van der Waals surface area contributed by atoms with Crippen LogP contribution in [0, 0.1) is 0 Å². The van der Waals surface area contributed by atoms with Crippen LogP contribution in [0.1, 0.15) is 32.6 Å². The monoisotopic (exact) mass is 199 g/mol. The topological polar surface area (TPSA) is 57.6 Å². The Kier molecular flexibility index (Phi) is 6.45. The van der Waals surface area contributed by atoms with Gasteiger partial charge in [-0.25, -0.2) is 0 Å². The van der Waals surface area contributed by atoms with Gasteiger partial charge in [0.15, 0.2) is 0 Å². The van der Waals surface area contributed by atoms with Crippen LogP contribution >= 0.6 is 0 Å². The first-order chi connectivity index (χ1) is 6.61. The summed E-state index contributed by atoms with van der Waals surface area (Å²) in [5.74, 6) is -0.502. The highest BCUT2D eigenvalue weighted by Gasteiger charge is 2.15. The molecule has 1 saturated heterocycles. The van der Waals surface area contributed by atoms with Gasteiger partial charge in [0.1, 0.15) is 0 Å². The molecular formula is C10H17NO3. The average Bonchev–Trinajstić information content (AvgIpc) is 2.51. The quantitative estimate of drug-likeness (QED) is 0.751. The van der Waals surface area contributed by atoms with Crippen LogP contribution in [0.15, 0.2) is 12.8 Å². The number of hydrogen-bond acceptors (Lipinski definition) is 2. The SMILES string of the molecule is C=CN1CCCC1=O.CCCC(=O)O. The summed E-state index contributed by atoms with van der Waals surface area (Å²) in [7, 11) is 0. The van der Waals surface area contributed by atoms with E-state index in [0.717, 1.165) is 19.4 Å². The third-order valence-corrected chi connectivity index (χ3v) is 1.79. The summed E-state index contributed by atoms with van der Waals surface area (Å²) < 4.78 is 0. The number of carbonyl (C=O) groups is 2. The van der Waals surface area contributed by atoms with E-state index >= 15 is 0 Å². The van der Waals surface area contributed by atoms with Gasteiger partial charge in [-0.15, -0.1) is 0 Å². The molecule has 0 bridgehead atoms. The van der Waals surface area contributed by atoms with Crippen molar-refractivity contribution in [1.82, 2.24) is 4.90 Å². The van der Waals surface area contributed by atoms with Crippen molar-refractivity contribution in [2.75, 3.05) is 6.54 Å². The second-order valence-electron chi connectivity index (χ2n) is 3.02. The Morgan fingerprint density at radius 2 is 2.36 bits per heavy atom. The van der Waals surface area contributed by atoms with Crippen molar-refractivity contribution < 1.29 is 14.7 Å². The predicted octanol–water partition coefficient (Wildman–Crippen LogP) is 1.62. The predicted molar refractivity (Wildman–Crippen MR) is 53.7 cm³/mol. The van der Waals surface area contributed by atoms with Crippen LogP contribution in [0.2, 0.25) is 0 Å². The molecule has 1 rings (SSSR count). The Balaban J connectivity index is 0.000000255. The van der Waals surface area contributed by atoms with Crippen LogP contribution < -0.4 is 0 Å². The second kappa shape index (κ2) is 7.12. The van der Waals surface area contributed by atoms with Crippen molar-refractivity contribution in [3.63, 3.8) is 0 Å².